The second-order valence-corrected chi connectivity index (χ2v) is 15.3. The number of hydrogen-bond donors (Lipinski definition) is 2. The minimum absolute atomic E-state index is 0.00133. The third-order valence-corrected chi connectivity index (χ3v) is 8.61. The van der Waals surface area contributed by atoms with Crippen LogP contribution >= 0.6 is 0 Å². The van der Waals surface area contributed by atoms with Crippen LogP contribution in [0.3, 0.4) is 0 Å². The lowest BCUT2D eigenvalue weighted by Crippen LogP contribution is -2.44. The van der Waals surface area contributed by atoms with Crippen molar-refractivity contribution in [2.45, 2.75) is 72.6 Å². The summed E-state index contributed by atoms with van der Waals surface area (Å²) in [5, 5.41) is 6.62. The molecule has 2 aromatic carbocycles. The number of esters is 1. The van der Waals surface area contributed by atoms with E-state index in [1.54, 1.807) is 90.2 Å². The fourth-order valence-electron chi connectivity index (χ4n) is 6.14. The molecule has 3 aromatic heterocycles. The fraction of sp³-hybridized carbons (Fsp3) is 0.333. The molecule has 1 aliphatic rings. The Bertz CT molecular complexity index is 2400. The first-order valence-corrected chi connectivity index (χ1v) is 18.6. The average Bonchev–Trinajstić information content (AvgIpc) is 3.56. The summed E-state index contributed by atoms with van der Waals surface area (Å²) in [7, 11) is 1.20. The van der Waals surface area contributed by atoms with E-state index in [1.807, 2.05) is 17.7 Å². The summed E-state index contributed by atoms with van der Waals surface area (Å²) in [6.45, 7) is 13.2. The molecular formula is C42H45N7O9. The van der Waals surface area contributed by atoms with Crippen LogP contribution in [0.5, 0.6) is 5.75 Å². The number of carbonyl (C=O) groups is 5. The van der Waals surface area contributed by atoms with E-state index in [0.29, 0.717) is 59.7 Å². The van der Waals surface area contributed by atoms with Gasteiger partial charge in [0.1, 0.15) is 35.1 Å². The van der Waals surface area contributed by atoms with Crippen molar-refractivity contribution in [1.82, 2.24) is 24.8 Å². The number of amides is 4. The molecule has 4 amide bonds. The van der Waals surface area contributed by atoms with Crippen molar-refractivity contribution in [2.75, 3.05) is 30.5 Å². The lowest BCUT2D eigenvalue weighted by molar-refractivity contribution is 0.0428. The third kappa shape index (κ3) is 8.90. The molecule has 6 rings (SSSR count). The van der Waals surface area contributed by atoms with Crippen molar-refractivity contribution in [2.24, 2.45) is 0 Å². The number of nitrogens with one attached hydrogen (secondary N) is 2. The smallest absolute Gasteiger partial charge is 0.425 e. The molecule has 2 N–H and O–H groups in total. The predicted molar refractivity (Wildman–Crippen MR) is 215 cm³/mol. The van der Waals surface area contributed by atoms with Crippen LogP contribution in [0.1, 0.15) is 86.2 Å². The van der Waals surface area contributed by atoms with Gasteiger partial charge in [0.25, 0.3) is 11.8 Å². The van der Waals surface area contributed by atoms with Gasteiger partial charge in [-0.25, -0.2) is 29.3 Å². The zero-order valence-corrected chi connectivity index (χ0v) is 33.6. The highest BCUT2D eigenvalue weighted by molar-refractivity contribution is 6.15. The topological polar surface area (TPSA) is 193 Å². The molecule has 5 aromatic rings. The van der Waals surface area contributed by atoms with E-state index >= 15 is 0 Å². The molecule has 0 bridgehead atoms. The highest BCUT2D eigenvalue weighted by Crippen LogP contribution is 2.40. The van der Waals surface area contributed by atoms with Crippen molar-refractivity contribution in [3.63, 3.8) is 0 Å². The van der Waals surface area contributed by atoms with Crippen molar-refractivity contribution in [3.8, 4) is 28.3 Å². The molecule has 0 spiro atoms. The molecule has 1 aliphatic heterocycles. The standard InChI is InChI=1S/C42H45N7O9/c1-9-15-45-37(51)31-13-12-27(33(47-31)38(52)55-8)28-23-32-30(34-44-17-18-48(34)19-20-56-32)22-29(28)36(50)46-25-10-11-26-24(21-25)14-16-43-35(26)49(39(53)57-41(2,3)4)40(54)58-42(5,6)7/h10-14,16-18,21-23H,9,15,19-20H2,1-8H3,(H,45,51)(H,46,50). The Hall–Kier alpha value is -6.84. The van der Waals surface area contributed by atoms with Crippen LogP contribution in [-0.2, 0) is 20.8 Å². The maximum atomic E-state index is 14.5. The predicted octanol–water partition coefficient (Wildman–Crippen LogP) is 7.41. The van der Waals surface area contributed by atoms with Gasteiger partial charge < -0.3 is 34.1 Å². The molecule has 0 fully saturated rings. The average molecular weight is 792 g/mol. The number of pyridine rings is 2. The molecule has 58 heavy (non-hydrogen) atoms. The van der Waals surface area contributed by atoms with Crippen molar-refractivity contribution in [3.05, 3.63) is 84.1 Å². The molecule has 0 unspecified atom stereocenters. The van der Waals surface area contributed by atoms with E-state index in [9.17, 15) is 24.0 Å². The number of fused-ring (bicyclic) bond motifs is 4. The van der Waals surface area contributed by atoms with Gasteiger partial charge in [-0.2, -0.15) is 4.90 Å². The second kappa shape index (κ2) is 16.3. The number of hydrogen-bond acceptors (Lipinski definition) is 12. The SMILES string of the molecule is CCCNC(=O)c1ccc(-c2cc3c(cc2C(=O)Nc2ccc4c(N(C(=O)OC(C)(C)C)C(=O)OC(C)(C)C)nccc4c2)-c2nccn2CCO3)c(C(=O)OC)n1. The quantitative estimate of drug-likeness (QED) is 0.117. The van der Waals surface area contributed by atoms with Gasteiger partial charge in [-0.15, -0.1) is 0 Å². The lowest BCUT2D eigenvalue weighted by Gasteiger charge is -2.28. The summed E-state index contributed by atoms with van der Waals surface area (Å²) >= 11 is 0. The Morgan fingerprint density at radius 3 is 2.24 bits per heavy atom. The molecule has 16 nitrogen and oxygen atoms in total. The van der Waals surface area contributed by atoms with Gasteiger partial charge in [-0.1, -0.05) is 6.92 Å². The van der Waals surface area contributed by atoms with Gasteiger partial charge in [-0.3, -0.25) is 9.59 Å². The number of ether oxygens (including phenoxy) is 4. The molecular weight excluding hydrogens is 747 g/mol. The molecule has 0 saturated carbocycles. The van der Waals surface area contributed by atoms with Gasteiger partial charge in [0.15, 0.2) is 11.5 Å². The number of anilines is 2. The van der Waals surface area contributed by atoms with Gasteiger partial charge >= 0.3 is 18.2 Å². The van der Waals surface area contributed by atoms with E-state index in [4.69, 9.17) is 18.9 Å². The van der Waals surface area contributed by atoms with Gasteiger partial charge in [0, 0.05) is 52.9 Å². The molecule has 0 aliphatic carbocycles. The van der Waals surface area contributed by atoms with E-state index in [-0.39, 0.29) is 33.9 Å². The largest absolute Gasteiger partial charge is 0.491 e. The van der Waals surface area contributed by atoms with Crippen LogP contribution in [0.25, 0.3) is 33.3 Å². The Morgan fingerprint density at radius 2 is 1.57 bits per heavy atom. The van der Waals surface area contributed by atoms with Crippen molar-refractivity contribution >= 4 is 52.2 Å². The number of imide groups is 1. The summed E-state index contributed by atoms with van der Waals surface area (Å²) in [6.07, 6.45) is 3.64. The van der Waals surface area contributed by atoms with Crippen LogP contribution in [0.4, 0.5) is 21.1 Å². The van der Waals surface area contributed by atoms with E-state index in [1.165, 1.54) is 19.4 Å². The molecule has 0 saturated heterocycles. The molecule has 4 heterocycles. The summed E-state index contributed by atoms with van der Waals surface area (Å²) < 4.78 is 24.2. The van der Waals surface area contributed by atoms with Gasteiger partial charge in [0.2, 0.25) is 0 Å². The van der Waals surface area contributed by atoms with Gasteiger partial charge in [0.05, 0.1) is 19.2 Å². The van der Waals surface area contributed by atoms with E-state index in [0.717, 1.165) is 4.90 Å². The minimum atomic E-state index is -0.977. The van der Waals surface area contributed by atoms with Crippen LogP contribution in [-0.4, -0.2) is 81.0 Å². The van der Waals surface area contributed by atoms with Crippen molar-refractivity contribution < 1.29 is 42.9 Å². The van der Waals surface area contributed by atoms with Crippen LogP contribution in [0.2, 0.25) is 0 Å². The normalized spacial score (nSPS) is 12.3. The van der Waals surface area contributed by atoms with Crippen molar-refractivity contribution in [1.29, 1.82) is 0 Å². The number of carbonyl (C=O) groups excluding carboxylic acids is 5. The number of methoxy groups -OCH3 is 1. The van der Waals surface area contributed by atoms with Gasteiger partial charge in [-0.05, 0) is 102 Å². The Kier molecular flexibility index (Phi) is 11.5. The summed E-state index contributed by atoms with van der Waals surface area (Å²) in [4.78, 5) is 81.5. The van der Waals surface area contributed by atoms with Crippen LogP contribution in [0.15, 0.2) is 67.1 Å². The number of benzene rings is 2. The first kappa shape index (κ1) is 40.8. The Labute approximate surface area is 334 Å². The Balaban J connectivity index is 1.44. The van der Waals surface area contributed by atoms with Crippen LogP contribution in [0, 0.1) is 0 Å². The fourth-order valence-corrected chi connectivity index (χ4v) is 6.14. The zero-order valence-electron chi connectivity index (χ0n) is 33.6. The second-order valence-electron chi connectivity index (χ2n) is 15.3. The monoisotopic (exact) mass is 791 g/mol. The number of rotatable bonds is 8. The molecule has 0 atom stereocenters. The van der Waals surface area contributed by atoms with E-state index in [2.05, 4.69) is 25.6 Å². The third-order valence-electron chi connectivity index (χ3n) is 8.61. The summed E-state index contributed by atoms with van der Waals surface area (Å²) in [5.74, 6) is -0.891. The maximum Gasteiger partial charge on any atom is 0.425 e. The highest BCUT2D eigenvalue weighted by atomic mass is 16.6. The molecule has 0 radical (unpaired) electrons. The Morgan fingerprint density at radius 1 is 0.845 bits per heavy atom. The van der Waals surface area contributed by atoms with E-state index < -0.39 is 41.2 Å². The summed E-state index contributed by atoms with van der Waals surface area (Å²) in [5.41, 5.74) is -0.521. The van der Waals surface area contributed by atoms with Crippen LogP contribution < -0.4 is 20.3 Å². The number of nitrogens with zero attached hydrogens (tertiary/aromatic N) is 5. The zero-order chi connectivity index (χ0) is 41.9. The maximum absolute atomic E-state index is 14.5. The first-order chi connectivity index (χ1) is 27.5. The number of imidazole rings is 1. The highest BCUT2D eigenvalue weighted by Gasteiger charge is 2.35. The number of aromatic nitrogens is 4. The molecule has 16 heteroatoms. The first-order valence-electron chi connectivity index (χ1n) is 18.6. The lowest BCUT2D eigenvalue weighted by atomic mass is 9.94. The molecule has 302 valence electrons. The summed E-state index contributed by atoms with van der Waals surface area (Å²) in [6, 6.07) is 12.8. The minimum Gasteiger partial charge on any atom is -0.491 e.